The molecule has 0 N–H and O–H groups in total. The average molecular weight is 267 g/mol. The fourth-order valence-corrected chi connectivity index (χ4v) is 2.30. The van der Waals surface area contributed by atoms with Gasteiger partial charge in [0, 0.05) is 5.56 Å². The Morgan fingerprint density at radius 3 is 2.55 bits per heavy atom. The van der Waals surface area contributed by atoms with Gasteiger partial charge < -0.3 is 9.47 Å². The summed E-state index contributed by atoms with van der Waals surface area (Å²) in [5, 5.41) is 0. The molecule has 0 aliphatic carbocycles. The predicted molar refractivity (Wildman–Crippen MR) is 79.4 cm³/mol. The first-order valence-corrected chi connectivity index (χ1v) is 6.74. The van der Waals surface area contributed by atoms with Crippen LogP contribution in [0.5, 0.6) is 5.75 Å². The van der Waals surface area contributed by atoms with E-state index in [1.165, 1.54) is 5.56 Å². The molecule has 0 radical (unpaired) electrons. The Labute approximate surface area is 118 Å². The molecule has 0 saturated carbocycles. The fourth-order valence-electron chi connectivity index (χ4n) is 2.30. The van der Waals surface area contributed by atoms with Gasteiger partial charge in [-0.1, -0.05) is 30.3 Å². The van der Waals surface area contributed by atoms with E-state index in [1.807, 2.05) is 30.3 Å². The lowest BCUT2D eigenvalue weighted by molar-refractivity contribution is 0.317. The highest BCUT2D eigenvalue weighted by Crippen LogP contribution is 2.18. The molecule has 0 spiro atoms. The summed E-state index contributed by atoms with van der Waals surface area (Å²) in [4.78, 5) is 4.66. The van der Waals surface area contributed by atoms with Crippen molar-refractivity contribution < 1.29 is 9.47 Å². The number of nitrogens with zero attached hydrogens (tertiary/aromatic N) is 1. The van der Waals surface area contributed by atoms with Crippen molar-refractivity contribution >= 4 is 5.90 Å². The van der Waals surface area contributed by atoms with Gasteiger partial charge in [-0.25, -0.2) is 4.99 Å². The van der Waals surface area contributed by atoms with Gasteiger partial charge in [0.2, 0.25) is 5.90 Å². The second-order valence-corrected chi connectivity index (χ2v) is 4.82. The van der Waals surface area contributed by atoms with Gasteiger partial charge >= 0.3 is 0 Å². The summed E-state index contributed by atoms with van der Waals surface area (Å²) >= 11 is 0. The molecule has 0 unspecified atom stereocenters. The lowest BCUT2D eigenvalue weighted by Gasteiger charge is -2.04. The molecule has 1 atom stereocenters. The van der Waals surface area contributed by atoms with E-state index in [0.717, 1.165) is 23.6 Å². The van der Waals surface area contributed by atoms with Crippen molar-refractivity contribution in [1.82, 2.24) is 0 Å². The maximum absolute atomic E-state index is 5.71. The highest BCUT2D eigenvalue weighted by molar-refractivity contribution is 5.95. The summed E-state index contributed by atoms with van der Waals surface area (Å²) in [5.41, 5.74) is 2.29. The van der Waals surface area contributed by atoms with Gasteiger partial charge in [0.05, 0.1) is 13.2 Å². The lowest BCUT2D eigenvalue weighted by Crippen LogP contribution is -2.09. The van der Waals surface area contributed by atoms with Gasteiger partial charge in [-0.15, -0.1) is 0 Å². The molecule has 2 aromatic rings. The molecule has 3 heteroatoms. The van der Waals surface area contributed by atoms with Crippen LogP contribution in [0.3, 0.4) is 0 Å². The monoisotopic (exact) mass is 267 g/mol. The van der Waals surface area contributed by atoms with Crippen LogP contribution in [0.4, 0.5) is 0 Å². The highest BCUT2D eigenvalue weighted by Gasteiger charge is 2.20. The van der Waals surface area contributed by atoms with E-state index in [2.05, 4.69) is 29.3 Å². The molecule has 20 heavy (non-hydrogen) atoms. The van der Waals surface area contributed by atoms with Crippen molar-refractivity contribution in [3.8, 4) is 5.75 Å². The van der Waals surface area contributed by atoms with E-state index in [1.54, 1.807) is 7.11 Å². The predicted octanol–water partition coefficient (Wildman–Crippen LogP) is 3.08. The molecule has 1 heterocycles. The molecular formula is C17H17NO2. The Morgan fingerprint density at radius 2 is 1.85 bits per heavy atom. The number of hydrogen-bond donors (Lipinski definition) is 0. The maximum Gasteiger partial charge on any atom is 0.216 e. The van der Waals surface area contributed by atoms with E-state index < -0.39 is 0 Å². The zero-order chi connectivity index (χ0) is 13.8. The summed E-state index contributed by atoms with van der Waals surface area (Å²) in [6.45, 7) is 0.649. The molecule has 0 bridgehead atoms. The summed E-state index contributed by atoms with van der Waals surface area (Å²) in [6.07, 6.45) is 0.917. The number of rotatable bonds is 4. The first-order chi connectivity index (χ1) is 9.85. The van der Waals surface area contributed by atoms with Gasteiger partial charge in [-0.05, 0) is 36.2 Å². The summed E-state index contributed by atoms with van der Waals surface area (Å²) in [7, 11) is 1.66. The van der Waals surface area contributed by atoms with Crippen molar-refractivity contribution in [3.05, 3.63) is 65.7 Å². The van der Waals surface area contributed by atoms with Crippen LogP contribution in [0.15, 0.2) is 59.6 Å². The minimum Gasteiger partial charge on any atom is -0.497 e. The molecular weight excluding hydrogens is 250 g/mol. The van der Waals surface area contributed by atoms with E-state index in [4.69, 9.17) is 9.47 Å². The van der Waals surface area contributed by atoms with Gasteiger partial charge in [-0.2, -0.15) is 0 Å². The molecule has 3 rings (SSSR count). The molecule has 3 nitrogen and oxygen atoms in total. The molecule has 1 aliphatic rings. The Bertz CT molecular complexity index is 590. The Kier molecular flexibility index (Phi) is 3.68. The zero-order valence-corrected chi connectivity index (χ0v) is 11.5. The fraction of sp³-hybridized carbons (Fsp3) is 0.235. The number of ether oxygens (including phenoxy) is 2. The molecule has 0 amide bonds. The van der Waals surface area contributed by atoms with Crippen molar-refractivity contribution in [2.24, 2.45) is 4.99 Å². The Morgan fingerprint density at radius 1 is 1.10 bits per heavy atom. The molecule has 102 valence electrons. The van der Waals surface area contributed by atoms with Gasteiger partial charge in [0.15, 0.2) is 0 Å². The minimum absolute atomic E-state index is 0.203. The largest absolute Gasteiger partial charge is 0.497 e. The molecule has 1 aliphatic heterocycles. The smallest absolute Gasteiger partial charge is 0.216 e. The van der Waals surface area contributed by atoms with E-state index in [0.29, 0.717) is 6.61 Å². The summed E-state index contributed by atoms with van der Waals surface area (Å²) in [5.74, 6) is 1.57. The third-order valence-electron chi connectivity index (χ3n) is 3.36. The first-order valence-electron chi connectivity index (χ1n) is 6.74. The zero-order valence-electron chi connectivity index (χ0n) is 11.5. The van der Waals surface area contributed by atoms with E-state index in [-0.39, 0.29) is 6.04 Å². The molecule has 0 saturated heterocycles. The van der Waals surface area contributed by atoms with Gasteiger partial charge in [-0.3, -0.25) is 0 Å². The minimum atomic E-state index is 0.203. The first kappa shape index (κ1) is 12.7. The van der Waals surface area contributed by atoms with Crippen molar-refractivity contribution in [2.75, 3.05) is 13.7 Å². The van der Waals surface area contributed by atoms with Crippen LogP contribution in [-0.2, 0) is 11.2 Å². The van der Waals surface area contributed by atoms with Crippen LogP contribution in [0.2, 0.25) is 0 Å². The number of methoxy groups -OCH3 is 1. The lowest BCUT2D eigenvalue weighted by atomic mass is 10.1. The van der Waals surface area contributed by atoms with Crippen LogP contribution in [0, 0.1) is 0 Å². The highest BCUT2D eigenvalue weighted by atomic mass is 16.5. The van der Waals surface area contributed by atoms with Crippen molar-refractivity contribution in [3.63, 3.8) is 0 Å². The molecule has 0 fully saturated rings. The molecule has 2 aromatic carbocycles. The van der Waals surface area contributed by atoms with Crippen LogP contribution < -0.4 is 4.74 Å². The van der Waals surface area contributed by atoms with Crippen molar-refractivity contribution in [2.45, 2.75) is 12.5 Å². The SMILES string of the molecule is COc1ccc(C2=N[C@H](Cc3ccccc3)CO2)cc1. The third kappa shape index (κ3) is 2.82. The maximum atomic E-state index is 5.71. The Balaban J connectivity index is 1.71. The van der Waals surface area contributed by atoms with E-state index >= 15 is 0 Å². The topological polar surface area (TPSA) is 30.8 Å². The van der Waals surface area contributed by atoms with Crippen LogP contribution in [-0.4, -0.2) is 25.7 Å². The third-order valence-corrected chi connectivity index (χ3v) is 3.36. The molecule has 0 aromatic heterocycles. The number of benzene rings is 2. The van der Waals surface area contributed by atoms with Crippen LogP contribution in [0.1, 0.15) is 11.1 Å². The van der Waals surface area contributed by atoms with Crippen LogP contribution >= 0.6 is 0 Å². The second kappa shape index (κ2) is 5.78. The van der Waals surface area contributed by atoms with Gasteiger partial charge in [0.1, 0.15) is 12.4 Å². The van der Waals surface area contributed by atoms with Gasteiger partial charge in [0.25, 0.3) is 0 Å². The quantitative estimate of drug-likeness (QED) is 0.852. The second-order valence-electron chi connectivity index (χ2n) is 4.82. The Hall–Kier alpha value is -2.29. The number of hydrogen-bond acceptors (Lipinski definition) is 3. The normalized spacial score (nSPS) is 17.4. The number of aliphatic imine (C=N–C) groups is 1. The van der Waals surface area contributed by atoms with Crippen LogP contribution in [0.25, 0.3) is 0 Å². The summed E-state index contributed by atoms with van der Waals surface area (Å²) < 4.78 is 10.9. The standard InChI is InChI=1S/C17H17NO2/c1-19-16-9-7-14(8-10-16)17-18-15(12-20-17)11-13-5-3-2-4-6-13/h2-10,15H,11-12H2,1H3/t15-/m1/s1. The van der Waals surface area contributed by atoms with E-state index in [9.17, 15) is 0 Å². The summed E-state index contributed by atoms with van der Waals surface area (Å²) in [6, 6.07) is 18.4. The average Bonchev–Trinajstić information content (AvgIpc) is 2.97. The van der Waals surface area contributed by atoms with Crippen molar-refractivity contribution in [1.29, 1.82) is 0 Å².